The molecule has 2 aromatic rings. The summed E-state index contributed by atoms with van der Waals surface area (Å²) < 4.78 is 5.04. The number of ether oxygens (including phenoxy) is 1. The van der Waals surface area contributed by atoms with Crippen LogP contribution in [0.25, 0.3) is 0 Å². The van der Waals surface area contributed by atoms with E-state index >= 15 is 0 Å². The number of amides is 1. The van der Waals surface area contributed by atoms with Gasteiger partial charge in [-0.2, -0.15) is 0 Å². The monoisotopic (exact) mass is 349 g/mol. The fraction of sp³-hybridized carbons (Fsp3) is 0.0667. The number of nitro groups is 1. The Morgan fingerprint density at radius 2 is 1.96 bits per heavy atom. The van der Waals surface area contributed by atoms with Crippen molar-refractivity contribution < 1.29 is 19.2 Å². The first-order valence-electron chi connectivity index (χ1n) is 6.59. The number of hydrogen-bond donors (Lipinski definition) is 2. The maximum atomic E-state index is 12.0. The van der Waals surface area contributed by atoms with E-state index in [4.69, 9.17) is 27.8 Å². The topological polar surface area (TPSA) is 139 Å². The zero-order chi connectivity index (χ0) is 17.9. The molecule has 4 N–H and O–H groups in total. The number of rotatable bonds is 5. The molecule has 0 spiro atoms. The quantitative estimate of drug-likeness (QED) is 0.367. The van der Waals surface area contributed by atoms with Crippen LogP contribution in [0, 0.1) is 10.1 Å². The molecule has 0 aliphatic heterocycles. The van der Waals surface area contributed by atoms with Gasteiger partial charge in [0.2, 0.25) is 5.91 Å². The van der Waals surface area contributed by atoms with Gasteiger partial charge in [0.1, 0.15) is 6.61 Å². The third kappa shape index (κ3) is 3.61. The Bertz CT molecular complexity index is 838. The smallest absolute Gasteiger partial charge is 0.340 e. The molecule has 24 heavy (non-hydrogen) atoms. The van der Waals surface area contributed by atoms with E-state index in [0.29, 0.717) is 0 Å². The Labute approximate surface area is 141 Å². The van der Waals surface area contributed by atoms with Crippen LogP contribution >= 0.6 is 11.6 Å². The Kier molecular flexibility index (Phi) is 5.00. The molecule has 2 aromatic carbocycles. The van der Waals surface area contributed by atoms with Crippen molar-refractivity contribution in [2.45, 2.75) is 6.61 Å². The Balaban J connectivity index is 2.22. The van der Waals surface area contributed by atoms with Crippen LogP contribution < -0.4 is 11.5 Å². The van der Waals surface area contributed by atoms with Gasteiger partial charge in [-0.15, -0.1) is 0 Å². The molecule has 0 saturated carbocycles. The molecular weight excluding hydrogens is 338 g/mol. The lowest BCUT2D eigenvalue weighted by Crippen LogP contribution is -2.13. The second-order valence-corrected chi connectivity index (χ2v) is 5.15. The van der Waals surface area contributed by atoms with Crippen molar-refractivity contribution in [1.82, 2.24) is 0 Å². The summed E-state index contributed by atoms with van der Waals surface area (Å²) >= 11 is 5.82. The molecule has 8 nitrogen and oxygen atoms in total. The predicted octanol–water partition coefficient (Wildman–Crippen LogP) is 2.29. The number of nitrogen functional groups attached to an aromatic ring is 1. The fourth-order valence-electron chi connectivity index (χ4n) is 1.95. The summed E-state index contributed by atoms with van der Waals surface area (Å²) in [6, 6.07) is 8.10. The number of hydrogen-bond acceptors (Lipinski definition) is 6. The van der Waals surface area contributed by atoms with E-state index in [1.165, 1.54) is 30.3 Å². The molecule has 0 heterocycles. The van der Waals surface area contributed by atoms with Crippen LogP contribution in [0.15, 0.2) is 36.4 Å². The normalized spacial score (nSPS) is 10.2. The van der Waals surface area contributed by atoms with Crippen molar-refractivity contribution in [3.63, 3.8) is 0 Å². The zero-order valence-electron chi connectivity index (χ0n) is 12.2. The van der Waals surface area contributed by atoms with E-state index in [0.717, 1.165) is 6.07 Å². The lowest BCUT2D eigenvalue weighted by molar-refractivity contribution is -0.385. The Morgan fingerprint density at radius 1 is 1.25 bits per heavy atom. The highest BCUT2D eigenvalue weighted by Crippen LogP contribution is 2.25. The highest BCUT2D eigenvalue weighted by atomic mass is 35.5. The molecule has 0 aliphatic rings. The number of carbonyl (C=O) groups excluding carboxylic acids is 2. The van der Waals surface area contributed by atoms with Crippen LogP contribution in [-0.4, -0.2) is 16.8 Å². The summed E-state index contributed by atoms with van der Waals surface area (Å²) in [5.41, 5.74) is 10.6. The predicted molar refractivity (Wildman–Crippen MR) is 86.6 cm³/mol. The first kappa shape index (κ1) is 17.2. The summed E-state index contributed by atoms with van der Waals surface area (Å²) in [5.74, 6) is -1.57. The minimum Gasteiger partial charge on any atom is -0.457 e. The summed E-state index contributed by atoms with van der Waals surface area (Å²) in [5, 5.41) is 11.3. The van der Waals surface area contributed by atoms with Gasteiger partial charge in [-0.3, -0.25) is 14.9 Å². The van der Waals surface area contributed by atoms with Gasteiger partial charge in [-0.25, -0.2) is 4.79 Å². The van der Waals surface area contributed by atoms with Crippen LogP contribution in [0.2, 0.25) is 5.02 Å². The second kappa shape index (κ2) is 6.97. The van der Waals surface area contributed by atoms with E-state index in [9.17, 15) is 19.7 Å². The van der Waals surface area contributed by atoms with E-state index in [2.05, 4.69) is 0 Å². The highest BCUT2D eigenvalue weighted by Gasteiger charge is 2.19. The number of nitrogens with two attached hydrogens (primary N) is 2. The molecule has 0 saturated heterocycles. The summed E-state index contributed by atoms with van der Waals surface area (Å²) in [6.45, 7) is -0.375. The molecule has 2 rings (SSSR count). The number of para-hydroxylation sites is 1. The molecule has 9 heteroatoms. The third-order valence-electron chi connectivity index (χ3n) is 3.20. The average Bonchev–Trinajstić information content (AvgIpc) is 2.54. The van der Waals surface area contributed by atoms with Gasteiger partial charge in [0, 0.05) is 11.6 Å². The second-order valence-electron chi connectivity index (χ2n) is 4.74. The van der Waals surface area contributed by atoms with Crippen LogP contribution in [0.4, 0.5) is 11.4 Å². The molecule has 0 unspecified atom stereocenters. The maximum absolute atomic E-state index is 12.0. The average molecular weight is 350 g/mol. The van der Waals surface area contributed by atoms with Crippen molar-refractivity contribution in [3.05, 3.63) is 68.2 Å². The molecule has 0 radical (unpaired) electrons. The number of primary amides is 1. The lowest BCUT2D eigenvalue weighted by Gasteiger charge is -2.09. The number of esters is 1. The van der Waals surface area contributed by atoms with Crippen LogP contribution in [0.3, 0.4) is 0 Å². The number of nitrogens with zero attached hydrogens (tertiary/aromatic N) is 1. The molecule has 124 valence electrons. The summed E-state index contributed by atoms with van der Waals surface area (Å²) in [6.07, 6.45) is 0. The van der Waals surface area contributed by atoms with Crippen molar-refractivity contribution in [2.75, 3.05) is 5.73 Å². The first-order valence-corrected chi connectivity index (χ1v) is 6.97. The van der Waals surface area contributed by atoms with Gasteiger partial charge in [0.15, 0.2) is 0 Å². The van der Waals surface area contributed by atoms with Crippen LogP contribution in [0.1, 0.15) is 26.3 Å². The summed E-state index contributed by atoms with van der Waals surface area (Å²) in [7, 11) is 0. The number of nitro benzene ring substituents is 1. The van der Waals surface area contributed by atoms with Gasteiger partial charge in [-0.05, 0) is 24.3 Å². The van der Waals surface area contributed by atoms with Crippen molar-refractivity contribution >= 4 is 34.9 Å². The van der Waals surface area contributed by atoms with Gasteiger partial charge in [-0.1, -0.05) is 17.7 Å². The number of halogens is 1. The zero-order valence-corrected chi connectivity index (χ0v) is 12.9. The highest BCUT2D eigenvalue weighted by molar-refractivity contribution is 6.33. The van der Waals surface area contributed by atoms with Crippen molar-refractivity contribution in [1.29, 1.82) is 0 Å². The van der Waals surface area contributed by atoms with Crippen molar-refractivity contribution in [2.24, 2.45) is 5.73 Å². The Morgan fingerprint density at radius 3 is 2.58 bits per heavy atom. The molecule has 0 fully saturated rings. The minimum atomic E-state index is -0.798. The van der Waals surface area contributed by atoms with Gasteiger partial charge in [0.25, 0.3) is 5.69 Å². The minimum absolute atomic E-state index is 0.0177. The van der Waals surface area contributed by atoms with Crippen LogP contribution in [-0.2, 0) is 11.3 Å². The fourth-order valence-corrected chi connectivity index (χ4v) is 2.12. The van der Waals surface area contributed by atoms with Crippen LogP contribution in [0.5, 0.6) is 0 Å². The molecule has 0 aliphatic carbocycles. The van der Waals surface area contributed by atoms with E-state index in [1.807, 2.05) is 0 Å². The van der Waals surface area contributed by atoms with Gasteiger partial charge in [0.05, 0.1) is 26.8 Å². The Hall–Kier alpha value is -3.13. The van der Waals surface area contributed by atoms with Crippen molar-refractivity contribution in [3.8, 4) is 0 Å². The molecular formula is C15H12ClN3O5. The number of benzene rings is 2. The maximum Gasteiger partial charge on any atom is 0.340 e. The lowest BCUT2D eigenvalue weighted by atomic mass is 10.1. The van der Waals surface area contributed by atoms with Gasteiger partial charge < -0.3 is 16.2 Å². The SMILES string of the molecule is NC(=O)c1ccc(COC(=O)c2cccc(Cl)c2N)c([N+](=O)[O-])c1. The molecule has 0 bridgehead atoms. The number of carbonyl (C=O) groups is 2. The first-order chi connectivity index (χ1) is 11.3. The summed E-state index contributed by atoms with van der Waals surface area (Å²) in [4.78, 5) is 33.5. The third-order valence-corrected chi connectivity index (χ3v) is 3.53. The molecule has 0 aromatic heterocycles. The standard InChI is InChI=1S/C15H12ClN3O5/c16-11-3-1-2-10(13(11)17)15(21)24-7-9-5-4-8(14(18)20)6-12(9)19(22)23/h1-6H,7,17H2,(H2,18,20). The van der Waals surface area contributed by atoms with E-state index in [1.54, 1.807) is 0 Å². The molecule has 0 atom stereocenters. The van der Waals surface area contributed by atoms with E-state index < -0.39 is 16.8 Å². The van der Waals surface area contributed by atoms with Gasteiger partial charge >= 0.3 is 5.97 Å². The van der Waals surface area contributed by atoms with E-state index in [-0.39, 0.29) is 39.7 Å². The largest absolute Gasteiger partial charge is 0.457 e. The molecule has 1 amide bonds. The number of anilines is 1.